The first-order chi connectivity index (χ1) is 11.5. The van der Waals surface area contributed by atoms with Gasteiger partial charge in [-0.1, -0.05) is 38.5 Å². The van der Waals surface area contributed by atoms with E-state index in [2.05, 4.69) is 23.7 Å². The van der Waals surface area contributed by atoms with Gasteiger partial charge in [0.15, 0.2) is 0 Å². The Labute approximate surface area is 145 Å². The third kappa shape index (κ3) is 15.7. The third-order valence-corrected chi connectivity index (χ3v) is 4.28. The van der Waals surface area contributed by atoms with Crippen molar-refractivity contribution < 1.29 is 4.74 Å². The summed E-state index contributed by atoms with van der Waals surface area (Å²) in [6.07, 6.45) is 19.8. The molecule has 0 spiro atoms. The number of ether oxygens (including phenoxy) is 1. The van der Waals surface area contributed by atoms with Gasteiger partial charge in [-0.05, 0) is 38.5 Å². The van der Waals surface area contributed by atoms with Crippen molar-refractivity contribution in [1.82, 2.24) is 0 Å². The summed E-state index contributed by atoms with van der Waals surface area (Å²) in [5, 5.41) is 0. The number of rotatable bonds is 0. The summed E-state index contributed by atoms with van der Waals surface area (Å²) in [6, 6.07) is 0. The molecule has 0 atom stereocenters. The molecule has 0 aromatic heterocycles. The Kier molecular flexibility index (Phi) is 15.3. The van der Waals surface area contributed by atoms with Crippen LogP contribution in [0, 0.1) is 23.7 Å². The fraction of sp³-hybridized carbons (Fsp3) is 0.818. The minimum atomic E-state index is 0.896. The van der Waals surface area contributed by atoms with Crippen LogP contribution in [0.4, 0.5) is 0 Å². The van der Waals surface area contributed by atoms with Crippen molar-refractivity contribution in [2.45, 2.75) is 103 Å². The predicted octanol–water partition coefficient (Wildman–Crippen LogP) is 6.27. The SMILES string of the molecule is C1#CCCCCOCCCCC#CCCCCCCCCCC1. The molecular formula is C22H36O. The summed E-state index contributed by atoms with van der Waals surface area (Å²) in [6.45, 7) is 1.79. The molecule has 130 valence electrons. The van der Waals surface area contributed by atoms with E-state index in [9.17, 15) is 0 Å². The molecule has 23 heavy (non-hydrogen) atoms. The zero-order valence-corrected chi connectivity index (χ0v) is 15.1. The van der Waals surface area contributed by atoms with Crippen LogP contribution in [0.5, 0.6) is 0 Å². The van der Waals surface area contributed by atoms with Gasteiger partial charge in [-0.3, -0.25) is 0 Å². The normalized spacial score (nSPS) is 21.2. The summed E-state index contributed by atoms with van der Waals surface area (Å²) < 4.78 is 5.66. The monoisotopic (exact) mass is 316 g/mol. The van der Waals surface area contributed by atoms with E-state index in [1.807, 2.05) is 0 Å². The molecule has 0 aromatic carbocycles. The van der Waals surface area contributed by atoms with Gasteiger partial charge in [0.05, 0.1) is 0 Å². The molecule has 1 heterocycles. The average molecular weight is 317 g/mol. The van der Waals surface area contributed by atoms with Crippen LogP contribution in [0.25, 0.3) is 0 Å². The molecule has 0 bridgehead atoms. The highest BCUT2D eigenvalue weighted by molar-refractivity contribution is 4.99. The Morgan fingerprint density at radius 2 is 0.652 bits per heavy atom. The van der Waals surface area contributed by atoms with Gasteiger partial charge < -0.3 is 4.74 Å². The van der Waals surface area contributed by atoms with Crippen molar-refractivity contribution in [2.75, 3.05) is 13.2 Å². The van der Waals surface area contributed by atoms with E-state index in [0.29, 0.717) is 0 Å². The summed E-state index contributed by atoms with van der Waals surface area (Å²) in [5.74, 6) is 13.3. The Morgan fingerprint density at radius 3 is 1.04 bits per heavy atom. The molecule has 1 aliphatic heterocycles. The quantitative estimate of drug-likeness (QED) is 0.479. The standard InChI is InChI=1S/C22H36O/c1-2-4-6-8-10-12-14-16-18-20-22-23-21-19-17-15-13-11-9-7-5-3-1/h1-10,15-22H2. The summed E-state index contributed by atoms with van der Waals surface area (Å²) in [4.78, 5) is 0. The zero-order chi connectivity index (χ0) is 16.3. The van der Waals surface area contributed by atoms with Crippen molar-refractivity contribution in [2.24, 2.45) is 0 Å². The highest BCUT2D eigenvalue weighted by Gasteiger charge is 1.93. The molecule has 0 radical (unpaired) electrons. The van der Waals surface area contributed by atoms with Crippen LogP contribution >= 0.6 is 0 Å². The van der Waals surface area contributed by atoms with E-state index in [0.717, 1.165) is 51.7 Å². The van der Waals surface area contributed by atoms with Crippen LogP contribution < -0.4 is 0 Å². The lowest BCUT2D eigenvalue weighted by atomic mass is 10.1. The fourth-order valence-electron chi connectivity index (χ4n) is 2.78. The Bertz CT molecular complexity index is 327. The largest absolute Gasteiger partial charge is 0.381 e. The second kappa shape index (κ2) is 17.4. The Hall–Kier alpha value is -0.920. The van der Waals surface area contributed by atoms with Gasteiger partial charge in [-0.2, -0.15) is 0 Å². The van der Waals surface area contributed by atoms with Crippen LogP contribution in [0.1, 0.15) is 103 Å². The first-order valence-corrected chi connectivity index (χ1v) is 9.99. The highest BCUT2D eigenvalue weighted by Crippen LogP contribution is 2.10. The molecular weight excluding hydrogens is 280 g/mol. The second-order valence-corrected chi connectivity index (χ2v) is 6.56. The minimum absolute atomic E-state index is 0.896. The molecule has 0 unspecified atom stereocenters. The first-order valence-electron chi connectivity index (χ1n) is 9.99. The lowest BCUT2D eigenvalue weighted by Crippen LogP contribution is -1.96. The molecule has 0 amide bonds. The van der Waals surface area contributed by atoms with Crippen LogP contribution in [0.15, 0.2) is 0 Å². The van der Waals surface area contributed by atoms with E-state index in [4.69, 9.17) is 4.74 Å². The van der Waals surface area contributed by atoms with Crippen LogP contribution in [0.3, 0.4) is 0 Å². The fourth-order valence-corrected chi connectivity index (χ4v) is 2.78. The molecule has 0 aromatic rings. The maximum absolute atomic E-state index is 5.66. The van der Waals surface area contributed by atoms with Gasteiger partial charge in [0.2, 0.25) is 0 Å². The van der Waals surface area contributed by atoms with Crippen molar-refractivity contribution in [1.29, 1.82) is 0 Å². The van der Waals surface area contributed by atoms with E-state index in [-0.39, 0.29) is 0 Å². The van der Waals surface area contributed by atoms with Gasteiger partial charge in [0.1, 0.15) is 0 Å². The topological polar surface area (TPSA) is 9.23 Å². The highest BCUT2D eigenvalue weighted by atomic mass is 16.5. The molecule has 0 saturated carbocycles. The smallest absolute Gasteiger partial charge is 0.0466 e. The van der Waals surface area contributed by atoms with E-state index < -0.39 is 0 Å². The van der Waals surface area contributed by atoms with E-state index >= 15 is 0 Å². The zero-order valence-electron chi connectivity index (χ0n) is 15.1. The molecule has 0 fully saturated rings. The summed E-state index contributed by atoms with van der Waals surface area (Å²) in [7, 11) is 0. The Morgan fingerprint density at radius 1 is 0.348 bits per heavy atom. The average Bonchev–Trinajstić information content (AvgIpc) is 2.56. The van der Waals surface area contributed by atoms with Crippen LogP contribution in [-0.2, 0) is 4.74 Å². The molecule has 0 aliphatic carbocycles. The summed E-state index contributed by atoms with van der Waals surface area (Å²) >= 11 is 0. The maximum atomic E-state index is 5.66. The van der Waals surface area contributed by atoms with Crippen LogP contribution in [0.2, 0.25) is 0 Å². The predicted molar refractivity (Wildman–Crippen MR) is 100 cm³/mol. The van der Waals surface area contributed by atoms with Gasteiger partial charge in [0, 0.05) is 38.9 Å². The molecule has 0 N–H and O–H groups in total. The van der Waals surface area contributed by atoms with Crippen LogP contribution in [-0.4, -0.2) is 13.2 Å². The van der Waals surface area contributed by atoms with Crippen molar-refractivity contribution in [3.8, 4) is 23.7 Å². The van der Waals surface area contributed by atoms with E-state index in [1.165, 1.54) is 64.2 Å². The lowest BCUT2D eigenvalue weighted by Gasteiger charge is -2.01. The van der Waals surface area contributed by atoms with Gasteiger partial charge in [-0.25, -0.2) is 0 Å². The van der Waals surface area contributed by atoms with Crippen molar-refractivity contribution >= 4 is 0 Å². The second-order valence-electron chi connectivity index (χ2n) is 6.56. The number of hydrogen-bond acceptors (Lipinski definition) is 1. The van der Waals surface area contributed by atoms with Gasteiger partial charge >= 0.3 is 0 Å². The molecule has 1 nitrogen and oxygen atoms in total. The maximum Gasteiger partial charge on any atom is 0.0466 e. The number of hydrogen-bond donors (Lipinski definition) is 0. The first kappa shape index (κ1) is 20.1. The summed E-state index contributed by atoms with van der Waals surface area (Å²) in [5.41, 5.74) is 0. The van der Waals surface area contributed by atoms with Gasteiger partial charge in [-0.15, -0.1) is 23.7 Å². The minimum Gasteiger partial charge on any atom is -0.381 e. The lowest BCUT2D eigenvalue weighted by molar-refractivity contribution is 0.127. The molecule has 1 heteroatoms. The van der Waals surface area contributed by atoms with Gasteiger partial charge in [0.25, 0.3) is 0 Å². The molecule has 0 saturated heterocycles. The van der Waals surface area contributed by atoms with E-state index in [1.54, 1.807) is 0 Å². The third-order valence-electron chi connectivity index (χ3n) is 4.28. The van der Waals surface area contributed by atoms with Crippen molar-refractivity contribution in [3.63, 3.8) is 0 Å². The van der Waals surface area contributed by atoms with Crippen molar-refractivity contribution in [3.05, 3.63) is 0 Å². The Balaban J connectivity index is 2.13. The molecule has 1 rings (SSSR count). The molecule has 1 aliphatic rings.